The van der Waals surface area contributed by atoms with Crippen LogP contribution in [0.2, 0.25) is 0 Å². The number of methoxy groups -OCH3 is 1. The number of phenols is 1. The number of hydrogen-bond donors (Lipinski definition) is 1. The fourth-order valence-corrected chi connectivity index (χ4v) is 3.09. The van der Waals surface area contributed by atoms with Gasteiger partial charge >= 0.3 is 0 Å². The Balaban J connectivity index is 1.79. The molecule has 2 heterocycles. The number of hydrogen-bond acceptors (Lipinski definition) is 4. The summed E-state index contributed by atoms with van der Waals surface area (Å²) in [7, 11) is 1.58. The summed E-state index contributed by atoms with van der Waals surface area (Å²) in [5.41, 5.74) is 3.53. The van der Waals surface area contributed by atoms with Crippen molar-refractivity contribution in [3.8, 4) is 22.9 Å². The average Bonchev–Trinajstić information content (AvgIpc) is 3.05. The van der Waals surface area contributed by atoms with Crippen LogP contribution >= 0.6 is 0 Å². The highest BCUT2D eigenvalue weighted by molar-refractivity contribution is 5.79. The second-order valence-corrected chi connectivity index (χ2v) is 6.05. The third kappa shape index (κ3) is 2.99. The Hall–Kier alpha value is -3.34. The van der Waals surface area contributed by atoms with Gasteiger partial charge in [0.1, 0.15) is 22.8 Å². The molecule has 0 unspecified atom stereocenters. The van der Waals surface area contributed by atoms with Crippen LogP contribution in [0.1, 0.15) is 5.56 Å². The molecule has 0 bridgehead atoms. The number of aromatic nitrogens is 3. The van der Waals surface area contributed by atoms with Crippen molar-refractivity contribution in [1.82, 2.24) is 14.5 Å². The average molecular weight is 345 g/mol. The molecule has 0 aliphatic heterocycles. The summed E-state index contributed by atoms with van der Waals surface area (Å²) in [6, 6.07) is 19.4. The normalized spacial score (nSPS) is 11.0. The molecule has 0 radical (unpaired) electrons. The zero-order valence-electron chi connectivity index (χ0n) is 14.5. The lowest BCUT2D eigenvalue weighted by atomic mass is 10.1. The molecule has 5 heteroatoms. The third-order valence-corrected chi connectivity index (χ3v) is 4.42. The highest BCUT2D eigenvalue weighted by atomic mass is 16.5. The van der Waals surface area contributed by atoms with E-state index in [2.05, 4.69) is 21.7 Å². The first kappa shape index (κ1) is 16.1. The molecule has 26 heavy (non-hydrogen) atoms. The number of nitrogens with zero attached hydrogens (tertiary/aromatic N) is 3. The van der Waals surface area contributed by atoms with Crippen LogP contribution in [0.5, 0.6) is 11.5 Å². The molecule has 0 spiro atoms. The molecule has 0 fully saturated rings. The van der Waals surface area contributed by atoms with E-state index in [9.17, 15) is 5.11 Å². The van der Waals surface area contributed by atoms with Crippen molar-refractivity contribution >= 4 is 11.2 Å². The third-order valence-electron chi connectivity index (χ3n) is 4.42. The quantitative estimate of drug-likeness (QED) is 0.593. The van der Waals surface area contributed by atoms with Crippen LogP contribution in [-0.2, 0) is 13.0 Å². The van der Waals surface area contributed by atoms with Gasteiger partial charge < -0.3 is 14.4 Å². The second kappa shape index (κ2) is 6.88. The van der Waals surface area contributed by atoms with Gasteiger partial charge in [-0.1, -0.05) is 30.3 Å². The Bertz CT molecular complexity index is 1040. The standard InChI is InChI=1S/C21H19N3O2/c1-26-16-9-10-17(19(25)14-16)20-23-18-8-5-12-22-21(18)24(20)13-11-15-6-3-2-4-7-15/h2-10,12,14,25H,11,13H2,1H3. The van der Waals surface area contributed by atoms with Gasteiger partial charge in [0.2, 0.25) is 0 Å². The fraction of sp³-hybridized carbons (Fsp3) is 0.143. The van der Waals surface area contributed by atoms with Crippen molar-refractivity contribution in [2.24, 2.45) is 0 Å². The second-order valence-electron chi connectivity index (χ2n) is 6.05. The van der Waals surface area contributed by atoms with Gasteiger partial charge in [0, 0.05) is 18.8 Å². The lowest BCUT2D eigenvalue weighted by molar-refractivity contribution is 0.408. The van der Waals surface area contributed by atoms with Crippen molar-refractivity contribution in [2.75, 3.05) is 7.11 Å². The SMILES string of the molecule is COc1ccc(-c2nc3cccnc3n2CCc2ccccc2)c(O)c1. The number of pyridine rings is 1. The van der Waals surface area contributed by atoms with Crippen LogP contribution in [0.15, 0.2) is 66.9 Å². The Morgan fingerprint density at radius 3 is 2.65 bits per heavy atom. The largest absolute Gasteiger partial charge is 0.507 e. The molecule has 0 atom stereocenters. The number of imidazole rings is 1. The Morgan fingerprint density at radius 2 is 1.88 bits per heavy atom. The number of aryl methyl sites for hydroxylation is 2. The van der Waals surface area contributed by atoms with E-state index in [1.165, 1.54) is 5.56 Å². The number of benzene rings is 2. The maximum atomic E-state index is 10.5. The predicted octanol–water partition coefficient (Wildman–Crippen LogP) is 4.06. The molecular weight excluding hydrogens is 326 g/mol. The van der Waals surface area contributed by atoms with Gasteiger partial charge in [0.25, 0.3) is 0 Å². The zero-order valence-corrected chi connectivity index (χ0v) is 14.5. The molecule has 2 aromatic heterocycles. The summed E-state index contributed by atoms with van der Waals surface area (Å²) in [5, 5.41) is 10.5. The molecule has 130 valence electrons. The van der Waals surface area contributed by atoms with E-state index in [0.717, 1.165) is 24.1 Å². The van der Waals surface area contributed by atoms with Crippen molar-refractivity contribution in [3.63, 3.8) is 0 Å². The van der Waals surface area contributed by atoms with E-state index in [1.54, 1.807) is 19.4 Å². The predicted molar refractivity (Wildman–Crippen MR) is 101 cm³/mol. The Labute approximate surface area is 151 Å². The van der Waals surface area contributed by atoms with Crippen LogP contribution in [-0.4, -0.2) is 26.8 Å². The van der Waals surface area contributed by atoms with E-state index >= 15 is 0 Å². The highest BCUT2D eigenvalue weighted by Crippen LogP contribution is 2.33. The maximum absolute atomic E-state index is 10.5. The summed E-state index contributed by atoms with van der Waals surface area (Å²) in [6.07, 6.45) is 2.62. The Kier molecular flexibility index (Phi) is 4.27. The molecule has 4 aromatic rings. The summed E-state index contributed by atoms with van der Waals surface area (Å²) in [6.45, 7) is 0.721. The molecule has 0 saturated carbocycles. The van der Waals surface area contributed by atoms with Crippen LogP contribution in [0.4, 0.5) is 0 Å². The monoisotopic (exact) mass is 345 g/mol. The first-order valence-corrected chi connectivity index (χ1v) is 8.49. The van der Waals surface area contributed by atoms with E-state index < -0.39 is 0 Å². The Morgan fingerprint density at radius 1 is 1.04 bits per heavy atom. The smallest absolute Gasteiger partial charge is 0.160 e. The van der Waals surface area contributed by atoms with E-state index in [4.69, 9.17) is 9.72 Å². The van der Waals surface area contributed by atoms with Gasteiger partial charge in [-0.25, -0.2) is 9.97 Å². The number of fused-ring (bicyclic) bond motifs is 1. The van der Waals surface area contributed by atoms with Crippen LogP contribution in [0.3, 0.4) is 0 Å². The van der Waals surface area contributed by atoms with Crippen molar-refractivity contribution in [2.45, 2.75) is 13.0 Å². The molecule has 1 N–H and O–H groups in total. The molecule has 0 aliphatic rings. The van der Waals surface area contributed by atoms with Gasteiger partial charge in [-0.05, 0) is 36.2 Å². The minimum absolute atomic E-state index is 0.139. The van der Waals surface area contributed by atoms with Gasteiger partial charge in [-0.15, -0.1) is 0 Å². The van der Waals surface area contributed by atoms with Gasteiger partial charge in [-0.3, -0.25) is 0 Å². The van der Waals surface area contributed by atoms with Gasteiger partial charge in [0.05, 0.1) is 12.7 Å². The van der Waals surface area contributed by atoms with Crippen LogP contribution in [0.25, 0.3) is 22.6 Å². The highest BCUT2D eigenvalue weighted by Gasteiger charge is 2.16. The van der Waals surface area contributed by atoms with Crippen molar-refractivity contribution in [1.29, 1.82) is 0 Å². The van der Waals surface area contributed by atoms with Crippen molar-refractivity contribution in [3.05, 3.63) is 72.4 Å². The topological polar surface area (TPSA) is 60.2 Å². The number of phenolic OH excluding ortho intramolecular Hbond substituents is 1. The number of ether oxygens (including phenoxy) is 1. The molecule has 0 aliphatic carbocycles. The lowest BCUT2D eigenvalue weighted by Crippen LogP contribution is -2.04. The first-order chi connectivity index (χ1) is 12.8. The van der Waals surface area contributed by atoms with E-state index in [-0.39, 0.29) is 5.75 Å². The molecule has 0 saturated heterocycles. The summed E-state index contributed by atoms with van der Waals surface area (Å²) >= 11 is 0. The molecule has 2 aromatic carbocycles. The molecule has 5 nitrogen and oxygen atoms in total. The van der Waals surface area contributed by atoms with Crippen molar-refractivity contribution < 1.29 is 9.84 Å². The molecule has 0 amide bonds. The summed E-state index contributed by atoms with van der Waals surface area (Å²) < 4.78 is 7.24. The summed E-state index contributed by atoms with van der Waals surface area (Å²) in [4.78, 5) is 9.21. The first-order valence-electron chi connectivity index (χ1n) is 8.49. The van der Waals surface area contributed by atoms with Gasteiger partial charge in [0.15, 0.2) is 5.65 Å². The number of rotatable bonds is 5. The van der Waals surface area contributed by atoms with Crippen LogP contribution in [0, 0.1) is 0 Å². The minimum atomic E-state index is 0.139. The number of aromatic hydroxyl groups is 1. The maximum Gasteiger partial charge on any atom is 0.160 e. The molecule has 4 rings (SSSR count). The van der Waals surface area contributed by atoms with E-state index in [0.29, 0.717) is 17.1 Å². The minimum Gasteiger partial charge on any atom is -0.507 e. The van der Waals surface area contributed by atoms with Crippen LogP contribution < -0.4 is 4.74 Å². The van der Waals surface area contributed by atoms with E-state index in [1.807, 2.05) is 42.5 Å². The summed E-state index contributed by atoms with van der Waals surface area (Å²) in [5.74, 6) is 1.45. The zero-order chi connectivity index (χ0) is 17.9. The molecular formula is C21H19N3O2. The fourth-order valence-electron chi connectivity index (χ4n) is 3.09. The lowest BCUT2D eigenvalue weighted by Gasteiger charge is -2.11. The van der Waals surface area contributed by atoms with Gasteiger partial charge in [-0.2, -0.15) is 0 Å².